The molecule has 3 aliphatic rings. The molecule has 4 heterocycles. The smallest absolute Gasteiger partial charge is 0.117 e. The fourth-order valence-electron chi connectivity index (χ4n) is 3.19. The maximum Gasteiger partial charge on any atom is 0.117 e. The van der Waals surface area contributed by atoms with E-state index in [2.05, 4.69) is 15.1 Å². The molecule has 18 heavy (non-hydrogen) atoms. The van der Waals surface area contributed by atoms with E-state index < -0.39 is 0 Å². The molecule has 0 unspecified atom stereocenters. The van der Waals surface area contributed by atoms with E-state index in [1.807, 2.05) is 24.3 Å². The summed E-state index contributed by atoms with van der Waals surface area (Å²) >= 11 is 6.29. The summed E-state index contributed by atoms with van der Waals surface area (Å²) in [5.41, 5.74) is 4.64. The summed E-state index contributed by atoms with van der Waals surface area (Å²) in [7, 11) is 0. The maximum absolute atomic E-state index is 6.29. The van der Waals surface area contributed by atoms with Gasteiger partial charge in [0, 0.05) is 24.6 Å². The van der Waals surface area contributed by atoms with E-state index in [1.54, 1.807) is 0 Å². The number of nitrogens with one attached hydrogen (secondary N) is 1. The van der Waals surface area contributed by atoms with Gasteiger partial charge in [0.25, 0.3) is 0 Å². The normalized spacial score (nSPS) is 18.2. The van der Waals surface area contributed by atoms with Crippen molar-refractivity contribution >= 4 is 17.3 Å². The minimum Gasteiger partial charge on any atom is -0.368 e. The van der Waals surface area contributed by atoms with E-state index in [9.17, 15) is 0 Å². The lowest BCUT2D eigenvalue weighted by atomic mass is 9.86. The van der Waals surface area contributed by atoms with Crippen LogP contribution in [0.2, 0.25) is 5.02 Å². The van der Waals surface area contributed by atoms with E-state index in [0.29, 0.717) is 5.92 Å². The number of nitrogens with zero attached hydrogens (tertiary/aromatic N) is 2. The Morgan fingerprint density at radius 1 is 1.22 bits per heavy atom. The standard InChI is InChI=1S/C14H14ClN3/c15-11-4-2-1-3-10(11)13-14-12(16-17-13)9-5-7-18(14)8-6-9/h1-4,9H,5-8H2,(H,16,17). The van der Waals surface area contributed by atoms with Crippen molar-refractivity contribution in [3.05, 3.63) is 35.0 Å². The zero-order chi connectivity index (χ0) is 12.1. The highest BCUT2D eigenvalue weighted by Crippen LogP contribution is 2.46. The SMILES string of the molecule is Clc1ccccc1-c1n[nH]c2c1N1CCC2CC1. The van der Waals surface area contributed by atoms with E-state index in [4.69, 9.17) is 11.6 Å². The molecule has 0 atom stereocenters. The summed E-state index contributed by atoms with van der Waals surface area (Å²) in [6.07, 6.45) is 2.49. The second-order valence-electron chi connectivity index (χ2n) is 5.08. The molecular formula is C14H14ClN3. The molecule has 2 aromatic rings. The Kier molecular flexibility index (Phi) is 2.18. The third kappa shape index (κ3) is 1.34. The van der Waals surface area contributed by atoms with Crippen LogP contribution >= 0.6 is 11.6 Å². The first-order chi connectivity index (χ1) is 8.84. The summed E-state index contributed by atoms with van der Waals surface area (Å²) in [4.78, 5) is 2.44. The van der Waals surface area contributed by atoms with Crippen LogP contribution in [-0.4, -0.2) is 23.3 Å². The molecular weight excluding hydrogens is 246 g/mol. The van der Waals surface area contributed by atoms with Crippen LogP contribution in [0.1, 0.15) is 24.5 Å². The Morgan fingerprint density at radius 2 is 2.00 bits per heavy atom. The Morgan fingerprint density at radius 3 is 2.78 bits per heavy atom. The molecule has 0 aliphatic carbocycles. The van der Waals surface area contributed by atoms with Crippen molar-refractivity contribution in [2.75, 3.05) is 18.0 Å². The highest BCUT2D eigenvalue weighted by atomic mass is 35.5. The second-order valence-corrected chi connectivity index (χ2v) is 5.48. The lowest BCUT2D eigenvalue weighted by Gasteiger charge is -2.40. The molecule has 1 saturated heterocycles. The molecule has 0 radical (unpaired) electrons. The minimum atomic E-state index is 0.661. The Hall–Kier alpha value is -1.48. The highest BCUT2D eigenvalue weighted by molar-refractivity contribution is 6.33. The molecule has 0 spiro atoms. The van der Waals surface area contributed by atoms with Gasteiger partial charge in [0.1, 0.15) is 5.69 Å². The van der Waals surface area contributed by atoms with Gasteiger partial charge in [-0.25, -0.2) is 0 Å². The van der Waals surface area contributed by atoms with Crippen molar-refractivity contribution < 1.29 is 0 Å². The monoisotopic (exact) mass is 259 g/mol. The zero-order valence-corrected chi connectivity index (χ0v) is 10.7. The molecule has 4 heteroatoms. The second kappa shape index (κ2) is 3.75. The Labute approximate surface area is 111 Å². The van der Waals surface area contributed by atoms with E-state index in [-0.39, 0.29) is 0 Å². The third-order valence-corrected chi connectivity index (χ3v) is 4.45. The lowest BCUT2D eigenvalue weighted by molar-refractivity contribution is 0.466. The largest absolute Gasteiger partial charge is 0.368 e. The number of fused-ring (bicyclic) bond motifs is 2. The van der Waals surface area contributed by atoms with Crippen LogP contribution in [0.25, 0.3) is 11.3 Å². The van der Waals surface area contributed by atoms with Crippen molar-refractivity contribution in [2.45, 2.75) is 18.8 Å². The number of halogens is 1. The fourth-order valence-corrected chi connectivity index (χ4v) is 3.41. The average Bonchev–Trinajstić information content (AvgIpc) is 2.87. The number of hydrogen-bond donors (Lipinski definition) is 1. The van der Waals surface area contributed by atoms with Gasteiger partial charge in [-0.3, -0.25) is 5.10 Å². The van der Waals surface area contributed by atoms with Gasteiger partial charge < -0.3 is 4.90 Å². The van der Waals surface area contributed by atoms with Crippen molar-refractivity contribution in [3.63, 3.8) is 0 Å². The van der Waals surface area contributed by atoms with E-state index in [0.717, 1.165) is 29.4 Å². The number of benzene rings is 1. The minimum absolute atomic E-state index is 0.661. The van der Waals surface area contributed by atoms with Gasteiger partial charge in [-0.15, -0.1) is 0 Å². The van der Waals surface area contributed by atoms with Gasteiger partial charge in [-0.2, -0.15) is 5.10 Å². The van der Waals surface area contributed by atoms with E-state index in [1.165, 1.54) is 24.2 Å². The van der Waals surface area contributed by atoms with Gasteiger partial charge in [-0.1, -0.05) is 29.8 Å². The number of aromatic nitrogens is 2. The lowest BCUT2D eigenvalue weighted by Crippen LogP contribution is -2.38. The van der Waals surface area contributed by atoms with E-state index >= 15 is 0 Å². The number of H-pyrrole nitrogens is 1. The van der Waals surface area contributed by atoms with Crippen LogP contribution < -0.4 is 4.90 Å². The summed E-state index contributed by atoms with van der Waals surface area (Å²) in [6, 6.07) is 7.94. The molecule has 2 bridgehead atoms. The Bertz CT molecular complexity index is 597. The third-order valence-electron chi connectivity index (χ3n) is 4.12. The van der Waals surface area contributed by atoms with Crippen molar-refractivity contribution in [1.29, 1.82) is 0 Å². The first kappa shape index (κ1) is 10.4. The predicted molar refractivity (Wildman–Crippen MR) is 73.2 cm³/mol. The maximum atomic E-state index is 6.29. The Balaban J connectivity index is 1.92. The molecule has 1 aromatic heterocycles. The van der Waals surface area contributed by atoms with Crippen LogP contribution in [0.3, 0.4) is 0 Å². The number of anilines is 1. The molecule has 5 rings (SSSR count). The van der Waals surface area contributed by atoms with Gasteiger partial charge in [0.05, 0.1) is 16.4 Å². The summed E-state index contributed by atoms with van der Waals surface area (Å²) in [5.74, 6) is 0.661. The van der Waals surface area contributed by atoms with Crippen LogP contribution in [0.5, 0.6) is 0 Å². The molecule has 0 saturated carbocycles. The number of aromatic amines is 1. The average molecular weight is 260 g/mol. The quantitative estimate of drug-likeness (QED) is 0.851. The van der Waals surface area contributed by atoms with Crippen LogP contribution in [-0.2, 0) is 0 Å². The summed E-state index contributed by atoms with van der Waals surface area (Å²) < 4.78 is 0. The fraction of sp³-hybridized carbons (Fsp3) is 0.357. The molecule has 1 fully saturated rings. The van der Waals surface area contributed by atoms with Gasteiger partial charge in [0.2, 0.25) is 0 Å². The van der Waals surface area contributed by atoms with Gasteiger partial charge in [0.15, 0.2) is 0 Å². The molecule has 0 amide bonds. The van der Waals surface area contributed by atoms with Crippen molar-refractivity contribution in [1.82, 2.24) is 10.2 Å². The molecule has 3 nitrogen and oxygen atoms in total. The van der Waals surface area contributed by atoms with Crippen molar-refractivity contribution in [3.8, 4) is 11.3 Å². The van der Waals surface area contributed by atoms with Crippen molar-refractivity contribution in [2.24, 2.45) is 0 Å². The highest BCUT2D eigenvalue weighted by Gasteiger charge is 2.35. The number of hydrogen-bond acceptors (Lipinski definition) is 2. The molecule has 3 aliphatic heterocycles. The summed E-state index contributed by atoms with van der Waals surface area (Å²) in [6.45, 7) is 2.29. The summed E-state index contributed by atoms with van der Waals surface area (Å²) in [5, 5.41) is 8.52. The number of rotatable bonds is 1. The molecule has 92 valence electrons. The van der Waals surface area contributed by atoms with Crippen LogP contribution in [0, 0.1) is 0 Å². The number of piperidine rings is 1. The topological polar surface area (TPSA) is 31.9 Å². The molecule has 1 aromatic carbocycles. The first-order valence-corrected chi connectivity index (χ1v) is 6.80. The van der Waals surface area contributed by atoms with Gasteiger partial charge in [-0.05, 0) is 18.9 Å². The zero-order valence-electron chi connectivity index (χ0n) is 9.99. The predicted octanol–water partition coefficient (Wildman–Crippen LogP) is 3.43. The first-order valence-electron chi connectivity index (χ1n) is 6.42. The molecule has 1 N–H and O–H groups in total. The van der Waals surface area contributed by atoms with Crippen LogP contribution in [0.15, 0.2) is 24.3 Å². The van der Waals surface area contributed by atoms with Gasteiger partial charge >= 0.3 is 0 Å². The van der Waals surface area contributed by atoms with Crippen LogP contribution in [0.4, 0.5) is 5.69 Å².